The minimum absolute atomic E-state index is 0.156. The molecule has 0 heterocycles. The Morgan fingerprint density at radius 3 is 2.18 bits per heavy atom. The van der Waals surface area contributed by atoms with Gasteiger partial charge < -0.3 is 14.6 Å². The second kappa shape index (κ2) is 7.55. The van der Waals surface area contributed by atoms with Gasteiger partial charge >= 0.3 is 0 Å². The van der Waals surface area contributed by atoms with E-state index in [2.05, 4.69) is 11.8 Å². The van der Waals surface area contributed by atoms with Crippen molar-refractivity contribution in [3.05, 3.63) is 0 Å². The van der Waals surface area contributed by atoms with Gasteiger partial charge in [-0.2, -0.15) is 0 Å². The lowest BCUT2D eigenvalue weighted by Gasteiger charge is -2.09. The second-order valence-electron chi connectivity index (χ2n) is 1.72. The Kier molecular flexibility index (Phi) is 7.16. The van der Waals surface area contributed by atoms with Crippen molar-refractivity contribution in [2.75, 3.05) is 19.8 Å². The van der Waals surface area contributed by atoms with E-state index in [4.69, 9.17) is 14.6 Å². The normalized spacial score (nSPS) is 9.45. The molecule has 0 saturated carbocycles. The highest BCUT2D eigenvalue weighted by Crippen LogP contribution is 1.91. The van der Waals surface area contributed by atoms with E-state index < -0.39 is 6.29 Å². The third-order valence-corrected chi connectivity index (χ3v) is 0.935. The molecule has 0 aliphatic heterocycles. The molecule has 11 heavy (non-hydrogen) atoms. The zero-order valence-corrected chi connectivity index (χ0v) is 6.96. The standard InChI is InChI=1S/C8H14O3/c1-3-10-8(11-4-2)6-5-7-9/h8-9H,3-4,7H2,1-2H3. The van der Waals surface area contributed by atoms with Crippen molar-refractivity contribution in [1.29, 1.82) is 0 Å². The Balaban J connectivity index is 3.68. The van der Waals surface area contributed by atoms with Gasteiger partial charge in [-0.3, -0.25) is 0 Å². The number of hydrogen-bond acceptors (Lipinski definition) is 3. The van der Waals surface area contributed by atoms with Crippen LogP contribution in [0.1, 0.15) is 13.8 Å². The Bertz CT molecular complexity index is 128. The summed E-state index contributed by atoms with van der Waals surface area (Å²) in [5.74, 6) is 5.10. The summed E-state index contributed by atoms with van der Waals surface area (Å²) in [5.41, 5.74) is 0. The molecule has 3 heteroatoms. The zero-order chi connectivity index (χ0) is 8.53. The minimum atomic E-state index is -0.489. The number of rotatable bonds is 4. The maximum absolute atomic E-state index is 8.37. The molecule has 0 spiro atoms. The topological polar surface area (TPSA) is 38.7 Å². The average Bonchev–Trinajstić information content (AvgIpc) is 2.01. The first kappa shape index (κ1) is 10.4. The van der Waals surface area contributed by atoms with E-state index in [9.17, 15) is 0 Å². The summed E-state index contributed by atoms with van der Waals surface area (Å²) in [6.07, 6.45) is -0.489. The van der Waals surface area contributed by atoms with Crippen LogP contribution >= 0.6 is 0 Å². The lowest BCUT2D eigenvalue weighted by atomic mass is 10.5. The van der Waals surface area contributed by atoms with Gasteiger partial charge in [0.15, 0.2) is 0 Å². The highest BCUT2D eigenvalue weighted by atomic mass is 16.7. The Morgan fingerprint density at radius 2 is 1.82 bits per heavy atom. The molecule has 0 atom stereocenters. The summed E-state index contributed by atoms with van der Waals surface area (Å²) < 4.78 is 10.2. The number of aliphatic hydroxyl groups is 1. The van der Waals surface area contributed by atoms with E-state index in [1.54, 1.807) is 0 Å². The van der Waals surface area contributed by atoms with Gasteiger partial charge in [-0.1, -0.05) is 5.92 Å². The molecule has 0 rings (SSSR count). The van der Waals surface area contributed by atoms with Crippen LogP contribution in [-0.4, -0.2) is 31.2 Å². The molecule has 0 aromatic rings. The second-order valence-corrected chi connectivity index (χ2v) is 1.72. The molecule has 0 unspecified atom stereocenters. The van der Waals surface area contributed by atoms with Crippen LogP contribution in [0.4, 0.5) is 0 Å². The van der Waals surface area contributed by atoms with Crippen LogP contribution in [0.5, 0.6) is 0 Å². The molecule has 0 aromatic heterocycles. The van der Waals surface area contributed by atoms with Crippen LogP contribution in [0.2, 0.25) is 0 Å². The summed E-state index contributed by atoms with van der Waals surface area (Å²) in [5, 5.41) is 8.37. The van der Waals surface area contributed by atoms with Crippen molar-refractivity contribution in [1.82, 2.24) is 0 Å². The van der Waals surface area contributed by atoms with Gasteiger partial charge in [0.2, 0.25) is 6.29 Å². The quantitative estimate of drug-likeness (QED) is 0.475. The lowest BCUT2D eigenvalue weighted by molar-refractivity contribution is -0.0970. The molecule has 0 fully saturated rings. The number of ether oxygens (including phenoxy) is 2. The van der Waals surface area contributed by atoms with Crippen molar-refractivity contribution in [2.24, 2.45) is 0 Å². The lowest BCUT2D eigenvalue weighted by Crippen LogP contribution is -2.14. The van der Waals surface area contributed by atoms with Gasteiger partial charge in [0, 0.05) is 13.2 Å². The van der Waals surface area contributed by atoms with Crippen molar-refractivity contribution in [2.45, 2.75) is 20.1 Å². The molecule has 0 aromatic carbocycles. The average molecular weight is 158 g/mol. The molecule has 0 amide bonds. The maximum atomic E-state index is 8.37. The third-order valence-electron chi connectivity index (χ3n) is 0.935. The molecule has 0 aliphatic rings. The third kappa shape index (κ3) is 5.86. The van der Waals surface area contributed by atoms with E-state index in [0.29, 0.717) is 13.2 Å². The van der Waals surface area contributed by atoms with Crippen LogP contribution in [0, 0.1) is 11.8 Å². The molecule has 0 radical (unpaired) electrons. The first-order valence-corrected chi connectivity index (χ1v) is 3.67. The van der Waals surface area contributed by atoms with Crippen LogP contribution in [0.15, 0.2) is 0 Å². The molecule has 64 valence electrons. The fraction of sp³-hybridized carbons (Fsp3) is 0.750. The molecular weight excluding hydrogens is 144 g/mol. The molecule has 0 aliphatic carbocycles. The smallest absolute Gasteiger partial charge is 0.222 e. The predicted octanol–water partition coefficient (Wildman–Crippen LogP) is 0.381. The van der Waals surface area contributed by atoms with E-state index in [1.807, 2.05) is 13.8 Å². The van der Waals surface area contributed by atoms with Gasteiger partial charge in [0.25, 0.3) is 0 Å². The summed E-state index contributed by atoms with van der Waals surface area (Å²) in [4.78, 5) is 0. The minimum Gasteiger partial charge on any atom is -0.384 e. The van der Waals surface area contributed by atoms with E-state index in [-0.39, 0.29) is 6.61 Å². The molecule has 1 N–H and O–H groups in total. The zero-order valence-electron chi connectivity index (χ0n) is 6.96. The first-order chi connectivity index (χ1) is 5.35. The molecule has 3 nitrogen and oxygen atoms in total. The van der Waals surface area contributed by atoms with Crippen molar-refractivity contribution >= 4 is 0 Å². The monoisotopic (exact) mass is 158 g/mol. The first-order valence-electron chi connectivity index (χ1n) is 3.67. The van der Waals surface area contributed by atoms with Gasteiger partial charge in [0.05, 0.1) is 0 Å². The van der Waals surface area contributed by atoms with Gasteiger partial charge in [-0.15, -0.1) is 0 Å². The fourth-order valence-corrected chi connectivity index (χ4v) is 0.563. The van der Waals surface area contributed by atoms with Crippen molar-refractivity contribution < 1.29 is 14.6 Å². The Morgan fingerprint density at radius 1 is 1.27 bits per heavy atom. The SMILES string of the molecule is CCOC(C#CCO)OCC. The number of aliphatic hydroxyl groups excluding tert-OH is 1. The summed E-state index contributed by atoms with van der Waals surface area (Å²) in [6, 6.07) is 0. The van der Waals surface area contributed by atoms with Crippen molar-refractivity contribution in [3.63, 3.8) is 0 Å². The van der Waals surface area contributed by atoms with Gasteiger partial charge in [-0.25, -0.2) is 0 Å². The largest absolute Gasteiger partial charge is 0.384 e. The van der Waals surface area contributed by atoms with Crippen LogP contribution in [-0.2, 0) is 9.47 Å². The highest BCUT2D eigenvalue weighted by molar-refractivity contribution is 5.01. The Labute approximate surface area is 67.3 Å². The predicted molar refractivity (Wildman–Crippen MR) is 41.9 cm³/mol. The summed E-state index contributed by atoms with van der Waals surface area (Å²) >= 11 is 0. The van der Waals surface area contributed by atoms with E-state index >= 15 is 0 Å². The molecule has 0 saturated heterocycles. The van der Waals surface area contributed by atoms with E-state index in [0.717, 1.165) is 0 Å². The fourth-order valence-electron chi connectivity index (χ4n) is 0.563. The maximum Gasteiger partial charge on any atom is 0.222 e. The van der Waals surface area contributed by atoms with Crippen LogP contribution in [0.3, 0.4) is 0 Å². The number of hydrogen-bond donors (Lipinski definition) is 1. The van der Waals surface area contributed by atoms with Gasteiger partial charge in [0.1, 0.15) is 6.61 Å². The highest BCUT2D eigenvalue weighted by Gasteiger charge is 2.00. The molecular formula is C8H14O3. The van der Waals surface area contributed by atoms with Crippen LogP contribution in [0.25, 0.3) is 0 Å². The molecule has 0 bridgehead atoms. The summed E-state index contributed by atoms with van der Waals surface area (Å²) in [7, 11) is 0. The summed E-state index contributed by atoms with van der Waals surface area (Å²) in [6.45, 7) is 4.70. The van der Waals surface area contributed by atoms with Crippen molar-refractivity contribution in [3.8, 4) is 11.8 Å². The van der Waals surface area contributed by atoms with Crippen LogP contribution < -0.4 is 0 Å². The van der Waals surface area contributed by atoms with Gasteiger partial charge in [-0.05, 0) is 19.8 Å². The van der Waals surface area contributed by atoms with E-state index in [1.165, 1.54) is 0 Å². The Hall–Kier alpha value is -0.560.